The summed E-state index contributed by atoms with van der Waals surface area (Å²) in [4.78, 5) is 27.7. The van der Waals surface area contributed by atoms with Crippen molar-refractivity contribution >= 4 is 11.8 Å². The van der Waals surface area contributed by atoms with Crippen molar-refractivity contribution in [2.75, 3.05) is 0 Å². The largest absolute Gasteiger partial charge is 0.348 e. The molecule has 0 saturated heterocycles. The summed E-state index contributed by atoms with van der Waals surface area (Å²) < 4.78 is 1.92. The standard InChI is InChI=1S/C18H24N4O2/c1-12(2)17(21-14(4)23)18(24)20-13(3)15-5-7-16(8-6-15)22-10-9-19-11-22/h5-13,17H,1-4H3,(H,20,24)(H,21,23)/t13-,17?/m0/s1. The summed E-state index contributed by atoms with van der Waals surface area (Å²) >= 11 is 0. The van der Waals surface area contributed by atoms with E-state index in [-0.39, 0.29) is 23.8 Å². The molecule has 0 fully saturated rings. The molecule has 1 aromatic heterocycles. The van der Waals surface area contributed by atoms with Gasteiger partial charge in [0, 0.05) is 25.0 Å². The van der Waals surface area contributed by atoms with E-state index in [9.17, 15) is 9.59 Å². The van der Waals surface area contributed by atoms with Gasteiger partial charge in [0.05, 0.1) is 12.4 Å². The maximum atomic E-state index is 12.4. The third-order valence-corrected chi connectivity index (χ3v) is 3.86. The number of hydrogen-bond acceptors (Lipinski definition) is 3. The molecule has 1 unspecified atom stereocenters. The minimum Gasteiger partial charge on any atom is -0.348 e. The lowest BCUT2D eigenvalue weighted by molar-refractivity contribution is -0.129. The summed E-state index contributed by atoms with van der Waals surface area (Å²) in [5, 5.41) is 5.67. The van der Waals surface area contributed by atoms with E-state index in [1.54, 1.807) is 12.5 Å². The van der Waals surface area contributed by atoms with Gasteiger partial charge in [-0.3, -0.25) is 9.59 Å². The molecule has 128 valence electrons. The van der Waals surface area contributed by atoms with Crippen LogP contribution in [0.2, 0.25) is 0 Å². The molecule has 0 radical (unpaired) electrons. The zero-order valence-electron chi connectivity index (χ0n) is 14.5. The highest BCUT2D eigenvalue weighted by Gasteiger charge is 2.24. The monoisotopic (exact) mass is 328 g/mol. The summed E-state index contributed by atoms with van der Waals surface area (Å²) in [5.74, 6) is -0.364. The summed E-state index contributed by atoms with van der Waals surface area (Å²) in [5.41, 5.74) is 2.01. The fourth-order valence-electron chi connectivity index (χ4n) is 2.49. The molecule has 6 nitrogen and oxygen atoms in total. The first-order chi connectivity index (χ1) is 11.4. The van der Waals surface area contributed by atoms with Crippen LogP contribution < -0.4 is 10.6 Å². The minimum atomic E-state index is -0.532. The SMILES string of the molecule is CC(=O)NC(C(=O)N[C@@H](C)c1ccc(-n2ccnc2)cc1)C(C)C. The normalized spacial score (nSPS) is 13.4. The van der Waals surface area contributed by atoms with Crippen LogP contribution in [0.3, 0.4) is 0 Å². The van der Waals surface area contributed by atoms with Crippen LogP contribution in [0.25, 0.3) is 5.69 Å². The lowest BCUT2D eigenvalue weighted by Gasteiger charge is -2.23. The first-order valence-electron chi connectivity index (χ1n) is 8.04. The predicted molar refractivity (Wildman–Crippen MR) is 92.6 cm³/mol. The number of imidazole rings is 1. The van der Waals surface area contributed by atoms with Gasteiger partial charge in [0.2, 0.25) is 11.8 Å². The van der Waals surface area contributed by atoms with Crippen LogP contribution in [0.4, 0.5) is 0 Å². The van der Waals surface area contributed by atoms with E-state index in [0.717, 1.165) is 11.3 Å². The van der Waals surface area contributed by atoms with Gasteiger partial charge in [-0.1, -0.05) is 26.0 Å². The Balaban J connectivity index is 2.04. The van der Waals surface area contributed by atoms with Gasteiger partial charge in [-0.25, -0.2) is 4.98 Å². The molecule has 2 atom stereocenters. The second-order valence-electron chi connectivity index (χ2n) is 6.21. The van der Waals surface area contributed by atoms with E-state index < -0.39 is 6.04 Å². The van der Waals surface area contributed by atoms with Crippen molar-refractivity contribution in [3.63, 3.8) is 0 Å². The van der Waals surface area contributed by atoms with Gasteiger partial charge in [-0.15, -0.1) is 0 Å². The third-order valence-electron chi connectivity index (χ3n) is 3.86. The molecule has 0 aliphatic heterocycles. The van der Waals surface area contributed by atoms with Gasteiger partial charge < -0.3 is 15.2 Å². The summed E-state index contributed by atoms with van der Waals surface area (Å²) in [6, 6.07) is 7.23. The molecular weight excluding hydrogens is 304 g/mol. The Bertz CT molecular complexity index is 678. The minimum absolute atomic E-state index is 0.0183. The molecule has 6 heteroatoms. The van der Waals surface area contributed by atoms with Crippen molar-refractivity contribution in [2.24, 2.45) is 5.92 Å². The zero-order chi connectivity index (χ0) is 17.7. The predicted octanol–water partition coefficient (Wildman–Crippen LogP) is 2.21. The number of amides is 2. The van der Waals surface area contributed by atoms with E-state index in [1.165, 1.54) is 6.92 Å². The highest BCUT2D eigenvalue weighted by atomic mass is 16.2. The second kappa shape index (κ2) is 7.77. The average Bonchev–Trinajstić information content (AvgIpc) is 3.06. The molecule has 1 aromatic carbocycles. The highest BCUT2D eigenvalue weighted by Crippen LogP contribution is 2.16. The number of carbonyl (C=O) groups excluding carboxylic acids is 2. The Morgan fingerprint density at radius 2 is 1.75 bits per heavy atom. The van der Waals surface area contributed by atoms with Gasteiger partial charge in [0.1, 0.15) is 6.04 Å². The average molecular weight is 328 g/mol. The number of benzene rings is 1. The lowest BCUT2D eigenvalue weighted by Crippen LogP contribution is -2.49. The fourth-order valence-corrected chi connectivity index (χ4v) is 2.49. The van der Waals surface area contributed by atoms with Crippen molar-refractivity contribution in [3.05, 3.63) is 48.5 Å². The Morgan fingerprint density at radius 3 is 2.25 bits per heavy atom. The van der Waals surface area contributed by atoms with Crippen LogP contribution >= 0.6 is 0 Å². The van der Waals surface area contributed by atoms with Crippen LogP contribution in [0.5, 0.6) is 0 Å². The van der Waals surface area contributed by atoms with Crippen LogP contribution in [0.1, 0.15) is 39.3 Å². The van der Waals surface area contributed by atoms with Gasteiger partial charge in [0.25, 0.3) is 0 Å². The Labute approximate surface area is 142 Å². The Kier molecular flexibility index (Phi) is 5.73. The Morgan fingerprint density at radius 1 is 1.08 bits per heavy atom. The first-order valence-corrected chi connectivity index (χ1v) is 8.04. The molecule has 2 N–H and O–H groups in total. The van der Waals surface area contributed by atoms with E-state index in [0.29, 0.717) is 0 Å². The summed E-state index contributed by atoms with van der Waals surface area (Å²) in [6.07, 6.45) is 5.34. The number of hydrogen-bond donors (Lipinski definition) is 2. The molecular formula is C18H24N4O2. The van der Waals surface area contributed by atoms with Crippen LogP contribution in [-0.2, 0) is 9.59 Å². The molecule has 0 aliphatic carbocycles. The number of nitrogens with zero attached hydrogens (tertiary/aromatic N) is 2. The van der Waals surface area contributed by atoms with Crippen molar-refractivity contribution < 1.29 is 9.59 Å². The van der Waals surface area contributed by atoms with Crippen molar-refractivity contribution in [3.8, 4) is 5.69 Å². The molecule has 24 heavy (non-hydrogen) atoms. The smallest absolute Gasteiger partial charge is 0.243 e. The van der Waals surface area contributed by atoms with Gasteiger partial charge >= 0.3 is 0 Å². The number of aromatic nitrogens is 2. The first kappa shape index (κ1) is 17.7. The molecule has 2 amide bonds. The van der Waals surface area contributed by atoms with E-state index in [4.69, 9.17) is 0 Å². The highest BCUT2D eigenvalue weighted by molar-refractivity contribution is 5.87. The fraction of sp³-hybridized carbons (Fsp3) is 0.389. The van der Waals surface area contributed by atoms with Crippen LogP contribution in [-0.4, -0.2) is 27.4 Å². The lowest BCUT2D eigenvalue weighted by atomic mass is 10.0. The van der Waals surface area contributed by atoms with Crippen LogP contribution in [0, 0.1) is 5.92 Å². The van der Waals surface area contributed by atoms with E-state index in [2.05, 4.69) is 15.6 Å². The quantitative estimate of drug-likeness (QED) is 0.853. The number of nitrogens with one attached hydrogen (secondary N) is 2. The topological polar surface area (TPSA) is 76.0 Å². The number of rotatable bonds is 6. The molecule has 0 saturated carbocycles. The Hall–Kier alpha value is -2.63. The van der Waals surface area contributed by atoms with E-state index in [1.807, 2.05) is 55.8 Å². The molecule has 2 rings (SSSR count). The van der Waals surface area contributed by atoms with Gasteiger partial charge in [0.15, 0.2) is 0 Å². The van der Waals surface area contributed by atoms with Crippen LogP contribution in [0.15, 0.2) is 43.0 Å². The van der Waals surface area contributed by atoms with Crippen molar-refractivity contribution in [1.29, 1.82) is 0 Å². The molecule has 0 spiro atoms. The summed E-state index contributed by atoms with van der Waals surface area (Å²) in [6.45, 7) is 7.16. The third kappa shape index (κ3) is 4.44. The second-order valence-corrected chi connectivity index (χ2v) is 6.21. The molecule has 2 aromatic rings. The molecule has 1 heterocycles. The van der Waals surface area contributed by atoms with Gasteiger partial charge in [-0.2, -0.15) is 0 Å². The van der Waals surface area contributed by atoms with Crippen molar-refractivity contribution in [1.82, 2.24) is 20.2 Å². The van der Waals surface area contributed by atoms with E-state index >= 15 is 0 Å². The maximum absolute atomic E-state index is 12.4. The van der Waals surface area contributed by atoms with Gasteiger partial charge in [-0.05, 0) is 30.5 Å². The zero-order valence-corrected chi connectivity index (χ0v) is 14.5. The maximum Gasteiger partial charge on any atom is 0.243 e. The summed E-state index contributed by atoms with van der Waals surface area (Å²) in [7, 11) is 0. The molecule has 0 bridgehead atoms. The molecule has 0 aliphatic rings. The van der Waals surface area contributed by atoms with Crippen molar-refractivity contribution in [2.45, 2.75) is 39.8 Å². The number of carbonyl (C=O) groups is 2.